The van der Waals surface area contributed by atoms with Gasteiger partial charge in [-0.2, -0.15) is 0 Å². The largest absolute Gasteiger partial charge is 0.489 e. The van der Waals surface area contributed by atoms with Crippen LogP contribution in [-0.4, -0.2) is 30.6 Å². The molecule has 6 heteroatoms. The van der Waals surface area contributed by atoms with Gasteiger partial charge in [0.1, 0.15) is 12.4 Å². The molecule has 0 amide bonds. The molecular weight excluding hydrogens is 466 g/mol. The Balaban J connectivity index is 1.32. The summed E-state index contributed by atoms with van der Waals surface area (Å²) in [5.41, 5.74) is 4.02. The summed E-state index contributed by atoms with van der Waals surface area (Å²) in [6.45, 7) is 2.43. The minimum Gasteiger partial charge on any atom is -0.489 e. The first kappa shape index (κ1) is 24.5. The number of hydrogen-bond acceptors (Lipinski definition) is 6. The molecular formula is C31H29NO5. The molecule has 4 aromatic rings. The third-order valence-corrected chi connectivity index (χ3v) is 6.95. The fourth-order valence-electron chi connectivity index (χ4n) is 4.88. The van der Waals surface area contributed by atoms with Crippen molar-refractivity contribution in [3.63, 3.8) is 0 Å². The molecule has 1 aliphatic rings. The molecule has 1 saturated carbocycles. The van der Waals surface area contributed by atoms with E-state index in [-0.39, 0.29) is 18.5 Å². The van der Waals surface area contributed by atoms with E-state index in [1.807, 2.05) is 72.8 Å². The quantitative estimate of drug-likeness (QED) is 0.275. The molecule has 1 unspecified atom stereocenters. The minimum atomic E-state index is -0.852. The van der Waals surface area contributed by atoms with Crippen LogP contribution in [-0.2, 0) is 32.1 Å². The van der Waals surface area contributed by atoms with Crippen molar-refractivity contribution in [1.29, 1.82) is 0 Å². The van der Waals surface area contributed by atoms with E-state index < -0.39 is 11.3 Å². The van der Waals surface area contributed by atoms with Crippen LogP contribution in [0.15, 0.2) is 84.9 Å². The number of fused-ring (bicyclic) bond motifs is 1. The molecule has 6 nitrogen and oxygen atoms in total. The lowest BCUT2D eigenvalue weighted by Gasteiger charge is -2.16. The number of para-hydroxylation sites is 1. The maximum Gasteiger partial charge on any atom is 0.313 e. The molecule has 2 atom stereocenters. The molecule has 5 rings (SSSR count). The van der Waals surface area contributed by atoms with Crippen LogP contribution in [0.25, 0.3) is 22.2 Å². The molecule has 1 aromatic heterocycles. The molecule has 37 heavy (non-hydrogen) atoms. The average Bonchev–Trinajstić information content (AvgIpc) is 3.68. The molecule has 188 valence electrons. The molecule has 0 N–H and O–H groups in total. The van der Waals surface area contributed by atoms with Crippen molar-refractivity contribution in [2.75, 3.05) is 13.7 Å². The number of aromatic nitrogens is 1. The van der Waals surface area contributed by atoms with E-state index >= 15 is 0 Å². The molecule has 1 aliphatic carbocycles. The first-order valence-corrected chi connectivity index (χ1v) is 12.4. The highest BCUT2D eigenvalue weighted by molar-refractivity contribution is 5.91. The van der Waals surface area contributed by atoms with E-state index in [4.69, 9.17) is 19.2 Å². The fourth-order valence-corrected chi connectivity index (χ4v) is 4.88. The smallest absolute Gasteiger partial charge is 0.313 e. The van der Waals surface area contributed by atoms with Crippen LogP contribution in [0, 0.1) is 11.3 Å². The number of nitrogens with zero attached hydrogens (tertiary/aromatic N) is 1. The Labute approximate surface area is 216 Å². The standard InChI is InChI=1S/C31H29NO5/c1-3-36-30(34)31(19-26(31)29(33)35-2)18-21-13-15-24(16-14-21)37-20-23-17-28(22-9-5-4-6-10-22)32-27-12-8-7-11-25(23)27/h4-17,26H,3,18-20H2,1-2H3/t26?,31-/m0/s1. The highest BCUT2D eigenvalue weighted by atomic mass is 16.5. The van der Waals surface area contributed by atoms with Gasteiger partial charge in [0.2, 0.25) is 0 Å². The van der Waals surface area contributed by atoms with Gasteiger partial charge in [-0.1, -0.05) is 60.7 Å². The zero-order valence-electron chi connectivity index (χ0n) is 21.0. The SMILES string of the molecule is CCOC(=O)[C@@]1(Cc2ccc(OCc3cc(-c4ccccc4)nc4ccccc34)cc2)CC1C(=O)OC. The second-order valence-corrected chi connectivity index (χ2v) is 9.32. The third-order valence-electron chi connectivity index (χ3n) is 6.95. The predicted octanol–water partition coefficient (Wildman–Crippen LogP) is 5.77. The number of carbonyl (C=O) groups excluding carboxylic acids is 2. The van der Waals surface area contributed by atoms with Crippen LogP contribution in [0.4, 0.5) is 0 Å². The summed E-state index contributed by atoms with van der Waals surface area (Å²) in [6, 6.07) is 27.9. The molecule has 0 spiro atoms. The lowest BCUT2D eigenvalue weighted by molar-refractivity contribution is -0.154. The number of methoxy groups -OCH3 is 1. The molecule has 3 aromatic carbocycles. The molecule has 1 heterocycles. The summed E-state index contributed by atoms with van der Waals surface area (Å²) in [5.74, 6) is -0.459. The molecule has 0 bridgehead atoms. The fraction of sp³-hybridized carbons (Fsp3) is 0.258. The lowest BCUT2D eigenvalue weighted by atomic mass is 9.93. The number of rotatable bonds is 9. The van der Waals surface area contributed by atoms with Gasteiger partial charge in [-0.05, 0) is 49.6 Å². The Kier molecular flexibility index (Phi) is 6.91. The lowest BCUT2D eigenvalue weighted by Crippen LogP contribution is -2.26. The number of hydrogen-bond donors (Lipinski definition) is 0. The van der Waals surface area contributed by atoms with E-state index in [1.165, 1.54) is 7.11 Å². The summed E-state index contributed by atoms with van der Waals surface area (Å²) >= 11 is 0. The van der Waals surface area contributed by atoms with Gasteiger partial charge < -0.3 is 14.2 Å². The number of ether oxygens (including phenoxy) is 3. The molecule has 1 fully saturated rings. The van der Waals surface area contributed by atoms with Gasteiger partial charge in [-0.25, -0.2) is 4.98 Å². The monoisotopic (exact) mass is 495 g/mol. The number of pyridine rings is 1. The van der Waals surface area contributed by atoms with Crippen molar-refractivity contribution in [1.82, 2.24) is 4.98 Å². The summed E-state index contributed by atoms with van der Waals surface area (Å²) in [4.78, 5) is 29.6. The van der Waals surface area contributed by atoms with E-state index in [0.717, 1.165) is 39.0 Å². The van der Waals surface area contributed by atoms with Crippen molar-refractivity contribution < 1.29 is 23.8 Å². The zero-order valence-corrected chi connectivity index (χ0v) is 21.0. The Morgan fingerprint density at radius 3 is 2.43 bits per heavy atom. The number of carbonyl (C=O) groups is 2. The number of benzene rings is 3. The number of esters is 2. The van der Waals surface area contributed by atoms with Crippen LogP contribution in [0.3, 0.4) is 0 Å². The third kappa shape index (κ3) is 5.05. The maximum absolute atomic E-state index is 12.7. The highest BCUT2D eigenvalue weighted by Gasteiger charge is 2.65. The van der Waals surface area contributed by atoms with Crippen molar-refractivity contribution in [3.8, 4) is 17.0 Å². The van der Waals surface area contributed by atoms with Crippen LogP contribution in [0.5, 0.6) is 5.75 Å². The zero-order chi connectivity index (χ0) is 25.8. The Bertz CT molecular complexity index is 1420. The van der Waals surface area contributed by atoms with Crippen molar-refractivity contribution in [3.05, 3.63) is 96.1 Å². The van der Waals surface area contributed by atoms with Gasteiger partial charge in [0, 0.05) is 16.5 Å². The van der Waals surface area contributed by atoms with Crippen LogP contribution >= 0.6 is 0 Å². The predicted molar refractivity (Wildman–Crippen MR) is 141 cm³/mol. The van der Waals surface area contributed by atoms with E-state index in [1.54, 1.807) is 6.92 Å². The van der Waals surface area contributed by atoms with Crippen molar-refractivity contribution in [2.24, 2.45) is 11.3 Å². The first-order valence-electron chi connectivity index (χ1n) is 12.4. The first-order chi connectivity index (χ1) is 18.0. The van der Waals surface area contributed by atoms with Gasteiger partial charge in [0.15, 0.2) is 0 Å². The second-order valence-electron chi connectivity index (χ2n) is 9.32. The maximum atomic E-state index is 12.7. The van der Waals surface area contributed by atoms with E-state index in [0.29, 0.717) is 19.4 Å². The van der Waals surface area contributed by atoms with Crippen LogP contribution < -0.4 is 4.74 Å². The van der Waals surface area contributed by atoms with Gasteiger partial charge >= 0.3 is 11.9 Å². The second kappa shape index (κ2) is 10.4. The minimum absolute atomic E-state index is 0.275. The van der Waals surface area contributed by atoms with Crippen LogP contribution in [0.1, 0.15) is 24.5 Å². The van der Waals surface area contributed by atoms with Crippen molar-refractivity contribution >= 4 is 22.8 Å². The van der Waals surface area contributed by atoms with E-state index in [9.17, 15) is 9.59 Å². The molecule has 0 saturated heterocycles. The molecule has 0 radical (unpaired) electrons. The van der Waals surface area contributed by atoms with Crippen LogP contribution in [0.2, 0.25) is 0 Å². The van der Waals surface area contributed by atoms with Crippen molar-refractivity contribution in [2.45, 2.75) is 26.4 Å². The summed E-state index contributed by atoms with van der Waals surface area (Å²) in [5, 5.41) is 1.05. The summed E-state index contributed by atoms with van der Waals surface area (Å²) < 4.78 is 16.3. The van der Waals surface area contributed by atoms with Gasteiger partial charge in [0.05, 0.1) is 36.3 Å². The summed E-state index contributed by atoms with van der Waals surface area (Å²) in [7, 11) is 1.34. The Morgan fingerprint density at radius 2 is 1.70 bits per heavy atom. The normalized spacial score (nSPS) is 18.3. The van der Waals surface area contributed by atoms with Gasteiger partial charge in [0.25, 0.3) is 0 Å². The topological polar surface area (TPSA) is 74.7 Å². The van der Waals surface area contributed by atoms with Gasteiger partial charge in [-0.15, -0.1) is 0 Å². The molecule has 0 aliphatic heterocycles. The summed E-state index contributed by atoms with van der Waals surface area (Å²) in [6.07, 6.45) is 0.858. The van der Waals surface area contributed by atoms with E-state index in [2.05, 4.69) is 12.1 Å². The Hall–Kier alpha value is -4.19. The van der Waals surface area contributed by atoms with Gasteiger partial charge in [-0.3, -0.25) is 9.59 Å². The highest BCUT2D eigenvalue weighted by Crippen LogP contribution is 2.56. The average molecular weight is 496 g/mol. The Morgan fingerprint density at radius 1 is 0.973 bits per heavy atom.